The molecule has 6 heteroatoms. The summed E-state index contributed by atoms with van der Waals surface area (Å²) in [4.78, 5) is 11.1. The minimum absolute atomic E-state index is 0.130. The van der Waals surface area contributed by atoms with Crippen molar-refractivity contribution >= 4 is 56.3 Å². The number of ketones is 1. The third-order valence-corrected chi connectivity index (χ3v) is 2.46. The van der Waals surface area contributed by atoms with E-state index in [0.29, 0.717) is 0 Å². The summed E-state index contributed by atoms with van der Waals surface area (Å²) >= 11 is 15.6. The number of hydrogen-bond acceptors (Lipinski definition) is 6. The molecule has 2 nitrogen and oxygen atoms in total. The molecule has 1 rings (SSSR count). The lowest BCUT2D eigenvalue weighted by atomic mass is 10.3. The van der Waals surface area contributed by atoms with Crippen molar-refractivity contribution in [2.45, 2.75) is 8.34 Å². The van der Waals surface area contributed by atoms with Gasteiger partial charge in [0.15, 0.2) is 0 Å². The van der Waals surface area contributed by atoms with Crippen LogP contribution in [-0.4, -0.2) is 20.7 Å². The zero-order valence-corrected chi connectivity index (χ0v) is 8.39. The summed E-state index contributed by atoms with van der Waals surface area (Å²) in [5.74, 6) is -0.335. The number of Topliss-reactive ketones (excluding diaryl/α,β-unsaturated/α-hetero) is 1. The Hall–Kier alpha value is 1.03. The van der Waals surface area contributed by atoms with E-state index in [1.165, 1.54) is 0 Å². The zero-order chi connectivity index (χ0) is 7.99. The molecule has 0 spiro atoms. The summed E-state index contributed by atoms with van der Waals surface area (Å²) in [6, 6.07) is 0. The predicted molar refractivity (Wildman–Crippen MR) is 52.4 cm³/mol. The van der Waals surface area contributed by atoms with Gasteiger partial charge in [-0.05, 0) is 0 Å². The van der Waals surface area contributed by atoms with Crippen molar-refractivity contribution in [3.63, 3.8) is 0 Å². The van der Waals surface area contributed by atoms with E-state index in [-0.39, 0.29) is 12.4 Å². The molecule has 1 aliphatic rings. The molecular formula is C4H6O2S4. The molecule has 1 saturated heterocycles. The molecule has 0 aliphatic carbocycles. The molecular weight excluding hydrogens is 208 g/mol. The Bertz CT molecular complexity index is 158. The second kappa shape index (κ2) is 2.52. The van der Waals surface area contributed by atoms with Crippen LogP contribution in [0.25, 0.3) is 0 Å². The third-order valence-electron chi connectivity index (χ3n) is 1.13. The Morgan fingerprint density at radius 1 is 1.30 bits per heavy atom. The maximum atomic E-state index is 11.1. The van der Waals surface area contributed by atoms with E-state index >= 15 is 0 Å². The van der Waals surface area contributed by atoms with Crippen LogP contribution in [-0.2, 0) is 9.53 Å². The van der Waals surface area contributed by atoms with Crippen molar-refractivity contribution in [2.75, 3.05) is 6.61 Å². The molecule has 0 saturated carbocycles. The fourth-order valence-electron chi connectivity index (χ4n) is 0.593. The molecule has 0 aromatic heterocycles. The van der Waals surface area contributed by atoms with Gasteiger partial charge < -0.3 is 4.74 Å². The summed E-state index contributed by atoms with van der Waals surface area (Å²) in [6.07, 6.45) is 0. The first-order chi connectivity index (χ1) is 4.36. The molecule has 0 aromatic rings. The number of rotatable bonds is 0. The maximum absolute atomic E-state index is 11.1. The summed E-state index contributed by atoms with van der Waals surface area (Å²) in [6.45, 7) is 0.130. The SMILES string of the molecule is O=C1C(S)(S)COC1(S)S. The molecule has 1 heterocycles. The average molecular weight is 214 g/mol. The maximum Gasteiger partial charge on any atom is 0.216 e. The van der Waals surface area contributed by atoms with Gasteiger partial charge in [-0.2, -0.15) is 25.3 Å². The summed E-state index contributed by atoms with van der Waals surface area (Å²) in [5.41, 5.74) is 0. The van der Waals surface area contributed by atoms with E-state index < -0.39 is 8.34 Å². The second-order valence-electron chi connectivity index (χ2n) is 2.04. The Kier molecular flexibility index (Phi) is 2.29. The van der Waals surface area contributed by atoms with E-state index in [9.17, 15) is 4.79 Å². The number of carbonyl (C=O) groups is 1. The van der Waals surface area contributed by atoms with Crippen molar-refractivity contribution in [3.8, 4) is 0 Å². The van der Waals surface area contributed by atoms with Crippen molar-refractivity contribution in [2.24, 2.45) is 0 Å². The number of hydrogen-bond donors (Lipinski definition) is 4. The highest BCUT2D eigenvalue weighted by molar-refractivity contribution is 8.05. The van der Waals surface area contributed by atoms with E-state index in [0.717, 1.165) is 0 Å². The van der Waals surface area contributed by atoms with Crippen molar-refractivity contribution in [1.82, 2.24) is 0 Å². The fourth-order valence-corrected chi connectivity index (χ4v) is 1.90. The first-order valence-corrected chi connectivity index (χ1v) is 4.23. The lowest BCUT2D eigenvalue weighted by Crippen LogP contribution is -2.31. The van der Waals surface area contributed by atoms with Gasteiger partial charge in [0.25, 0.3) is 0 Å². The highest BCUT2D eigenvalue weighted by atomic mass is 32.2. The lowest BCUT2D eigenvalue weighted by molar-refractivity contribution is -0.120. The molecule has 0 N–H and O–H groups in total. The van der Waals surface area contributed by atoms with Gasteiger partial charge in [0, 0.05) is 0 Å². The normalized spacial score (nSPS) is 29.0. The molecule has 10 heavy (non-hydrogen) atoms. The Labute approximate surface area is 80.7 Å². The van der Waals surface area contributed by atoms with E-state index in [1.807, 2.05) is 0 Å². The van der Waals surface area contributed by atoms with Crippen LogP contribution in [0, 0.1) is 0 Å². The number of thiol groups is 4. The molecule has 58 valence electrons. The first-order valence-electron chi connectivity index (χ1n) is 2.44. The van der Waals surface area contributed by atoms with Crippen LogP contribution in [0.2, 0.25) is 0 Å². The minimum atomic E-state index is -1.32. The number of ether oxygens (including phenoxy) is 1. The molecule has 0 atom stereocenters. The van der Waals surface area contributed by atoms with Crippen LogP contribution in [0.3, 0.4) is 0 Å². The smallest absolute Gasteiger partial charge is 0.216 e. The quantitative estimate of drug-likeness (QED) is 0.352. The lowest BCUT2D eigenvalue weighted by Gasteiger charge is -2.13. The van der Waals surface area contributed by atoms with Gasteiger partial charge in [-0.25, -0.2) is 0 Å². The monoisotopic (exact) mass is 214 g/mol. The third kappa shape index (κ3) is 1.45. The number of carbonyl (C=O) groups excluding carboxylic acids is 1. The molecule has 0 bridgehead atoms. The highest BCUT2D eigenvalue weighted by Crippen LogP contribution is 2.40. The largest absolute Gasteiger partial charge is 0.346 e. The van der Waals surface area contributed by atoms with Crippen LogP contribution in [0.1, 0.15) is 0 Å². The van der Waals surface area contributed by atoms with Gasteiger partial charge in [-0.1, -0.05) is 0 Å². The average Bonchev–Trinajstić information content (AvgIpc) is 1.95. The van der Waals surface area contributed by atoms with Crippen LogP contribution in [0.15, 0.2) is 0 Å². The van der Waals surface area contributed by atoms with Crippen LogP contribution >= 0.6 is 50.5 Å². The van der Waals surface area contributed by atoms with Gasteiger partial charge in [0.2, 0.25) is 10.0 Å². The van der Waals surface area contributed by atoms with Gasteiger partial charge in [-0.15, -0.1) is 25.3 Å². The minimum Gasteiger partial charge on any atom is -0.346 e. The Balaban J connectivity index is 2.88. The molecule has 1 aliphatic heterocycles. The van der Waals surface area contributed by atoms with E-state index in [1.54, 1.807) is 0 Å². The van der Waals surface area contributed by atoms with Crippen LogP contribution < -0.4 is 0 Å². The molecule has 1 fully saturated rings. The van der Waals surface area contributed by atoms with E-state index in [2.05, 4.69) is 50.5 Å². The van der Waals surface area contributed by atoms with E-state index in [4.69, 9.17) is 4.74 Å². The first kappa shape index (κ1) is 9.12. The van der Waals surface area contributed by atoms with Crippen molar-refractivity contribution < 1.29 is 9.53 Å². The topological polar surface area (TPSA) is 26.3 Å². The predicted octanol–water partition coefficient (Wildman–Crippen LogP) is 0.655. The van der Waals surface area contributed by atoms with Crippen LogP contribution in [0.4, 0.5) is 0 Å². The van der Waals surface area contributed by atoms with Crippen molar-refractivity contribution in [1.29, 1.82) is 0 Å². The summed E-state index contributed by atoms with van der Waals surface area (Å²) in [5, 5.41) is 0. The zero-order valence-electron chi connectivity index (χ0n) is 4.81. The Morgan fingerprint density at radius 2 is 1.80 bits per heavy atom. The molecule has 0 radical (unpaired) electrons. The van der Waals surface area contributed by atoms with Crippen molar-refractivity contribution in [3.05, 3.63) is 0 Å². The van der Waals surface area contributed by atoms with Crippen LogP contribution in [0.5, 0.6) is 0 Å². The molecule has 0 unspecified atom stereocenters. The standard InChI is InChI=1S/C4H6O2S4/c5-2-3(7,8)1-6-4(2,9)10/h7-10H,1H2. The van der Waals surface area contributed by atoms with Gasteiger partial charge in [0.1, 0.15) is 4.08 Å². The highest BCUT2D eigenvalue weighted by Gasteiger charge is 2.51. The summed E-state index contributed by atoms with van der Waals surface area (Å²) < 4.78 is 2.54. The molecule has 0 amide bonds. The summed E-state index contributed by atoms with van der Waals surface area (Å²) in [7, 11) is 0. The van der Waals surface area contributed by atoms with Gasteiger partial charge in [0.05, 0.1) is 6.61 Å². The van der Waals surface area contributed by atoms with Gasteiger partial charge >= 0.3 is 0 Å². The molecule has 0 aromatic carbocycles. The second-order valence-corrected chi connectivity index (χ2v) is 5.53. The fraction of sp³-hybridized carbons (Fsp3) is 0.750. The van der Waals surface area contributed by atoms with Gasteiger partial charge in [-0.3, -0.25) is 4.79 Å². The Morgan fingerprint density at radius 3 is 1.90 bits per heavy atom.